The number of hydrogen-bond donors (Lipinski definition) is 0. The molecule has 0 N–H and O–H groups in total. The fraction of sp³-hybridized carbons (Fsp3) is 0.333. The molecule has 0 bridgehead atoms. The molecule has 1 aliphatic carbocycles. The Balaban J connectivity index is 1.59. The lowest BCUT2D eigenvalue weighted by molar-refractivity contribution is -0.145. The number of ether oxygens (including phenoxy) is 1. The van der Waals surface area contributed by atoms with Crippen LogP contribution in [0.4, 0.5) is 5.69 Å². The molecule has 1 atom stereocenters. The summed E-state index contributed by atoms with van der Waals surface area (Å²) in [5.41, 5.74) is 3.50. The van der Waals surface area contributed by atoms with E-state index in [1.807, 2.05) is 43.4 Å². The molecule has 0 aromatic heterocycles. The number of esters is 1. The number of nitrogens with zero attached hydrogens (tertiary/aromatic N) is 1. The van der Waals surface area contributed by atoms with Crippen LogP contribution in [-0.4, -0.2) is 38.4 Å². The Labute approximate surface area is 179 Å². The Bertz CT molecular complexity index is 1030. The van der Waals surface area contributed by atoms with Gasteiger partial charge in [-0.05, 0) is 37.6 Å². The van der Waals surface area contributed by atoms with Gasteiger partial charge >= 0.3 is 5.97 Å². The van der Waals surface area contributed by atoms with Crippen LogP contribution in [0, 0.1) is 5.92 Å². The van der Waals surface area contributed by atoms with Crippen molar-refractivity contribution in [1.29, 1.82) is 0 Å². The Morgan fingerprint density at radius 1 is 1.20 bits per heavy atom. The maximum atomic E-state index is 11.7. The Kier molecular flexibility index (Phi) is 7.11. The lowest BCUT2D eigenvalue weighted by Gasteiger charge is -2.33. The third-order valence-electron chi connectivity index (χ3n) is 5.28. The predicted octanol–water partition coefficient (Wildman–Crippen LogP) is 3.97. The van der Waals surface area contributed by atoms with E-state index in [4.69, 9.17) is 4.74 Å². The van der Waals surface area contributed by atoms with E-state index in [0.29, 0.717) is 10.4 Å². The first-order valence-electron chi connectivity index (χ1n) is 10.1. The van der Waals surface area contributed by atoms with Gasteiger partial charge in [0.25, 0.3) is 0 Å². The molecule has 1 unspecified atom stereocenters. The van der Waals surface area contributed by atoms with Gasteiger partial charge in [0.05, 0.1) is 4.86 Å². The number of hydrogen-bond acceptors (Lipinski definition) is 5. The Morgan fingerprint density at radius 3 is 2.47 bits per heavy atom. The molecule has 1 aromatic carbocycles. The lowest BCUT2D eigenvalue weighted by Crippen LogP contribution is -2.37. The first-order chi connectivity index (χ1) is 14.3. The van der Waals surface area contributed by atoms with Crippen molar-refractivity contribution in [2.24, 2.45) is 5.92 Å². The zero-order chi connectivity index (χ0) is 21.7. The third kappa shape index (κ3) is 5.60. The van der Waals surface area contributed by atoms with Crippen LogP contribution >= 0.6 is 0 Å². The molecule has 1 saturated heterocycles. The average Bonchev–Trinajstić information content (AvgIpc) is 2.73. The zero-order valence-electron chi connectivity index (χ0n) is 17.4. The highest BCUT2D eigenvalue weighted by molar-refractivity contribution is 7.73. The fourth-order valence-electron chi connectivity index (χ4n) is 3.53. The van der Waals surface area contributed by atoms with Gasteiger partial charge in [-0.25, -0.2) is 4.79 Å². The van der Waals surface area contributed by atoms with E-state index in [0.717, 1.165) is 42.8 Å². The van der Waals surface area contributed by atoms with Crippen LogP contribution in [-0.2, 0) is 19.8 Å². The first kappa shape index (κ1) is 21.8. The summed E-state index contributed by atoms with van der Waals surface area (Å²) in [7, 11) is -2.23. The van der Waals surface area contributed by atoms with Gasteiger partial charge in [0.1, 0.15) is 6.10 Å². The molecule has 5 nitrogen and oxygen atoms in total. The summed E-state index contributed by atoms with van der Waals surface area (Å²) < 4.78 is 28.4. The molecule has 0 radical (unpaired) electrons. The smallest absolute Gasteiger partial charge is 0.333 e. The van der Waals surface area contributed by atoms with Gasteiger partial charge in [-0.1, -0.05) is 48.6 Å². The summed E-state index contributed by atoms with van der Waals surface area (Å²) >= 11 is 0. The SMILES string of the molecule is C=C(C)C(=O)OC1CCN(c2ccc(C=CC3C=CC(C)=CC3=S(=O)=O)cc2)CC1. The summed E-state index contributed by atoms with van der Waals surface area (Å²) in [6, 6.07) is 8.19. The van der Waals surface area contributed by atoms with E-state index < -0.39 is 10.3 Å². The van der Waals surface area contributed by atoms with E-state index >= 15 is 0 Å². The monoisotopic (exact) mass is 425 g/mol. The third-order valence-corrected chi connectivity index (χ3v) is 6.05. The van der Waals surface area contributed by atoms with Gasteiger partial charge in [0, 0.05) is 43.1 Å². The minimum atomic E-state index is -2.23. The Morgan fingerprint density at radius 2 is 1.87 bits per heavy atom. The molecule has 0 spiro atoms. The van der Waals surface area contributed by atoms with Gasteiger partial charge < -0.3 is 9.64 Å². The molecular formula is C24H27NO4S. The maximum absolute atomic E-state index is 11.7. The number of piperidine rings is 1. The fourth-order valence-corrected chi connectivity index (χ4v) is 4.19. The van der Waals surface area contributed by atoms with Crippen molar-refractivity contribution in [3.8, 4) is 0 Å². The molecular weight excluding hydrogens is 398 g/mol. The number of carbonyl (C=O) groups is 1. The molecule has 1 aliphatic heterocycles. The highest BCUT2D eigenvalue weighted by Crippen LogP contribution is 2.23. The van der Waals surface area contributed by atoms with Crippen molar-refractivity contribution < 1.29 is 17.9 Å². The molecule has 1 aromatic rings. The molecule has 3 rings (SSSR count). The van der Waals surface area contributed by atoms with Crippen LogP contribution in [0.2, 0.25) is 0 Å². The van der Waals surface area contributed by atoms with Crippen molar-refractivity contribution in [1.82, 2.24) is 0 Å². The van der Waals surface area contributed by atoms with Gasteiger partial charge in [0.2, 0.25) is 10.3 Å². The highest BCUT2D eigenvalue weighted by Gasteiger charge is 2.22. The second-order valence-electron chi connectivity index (χ2n) is 7.73. The number of rotatable bonds is 5. The minimum Gasteiger partial charge on any atom is -0.459 e. The Hall–Kier alpha value is -2.86. The van der Waals surface area contributed by atoms with E-state index in [-0.39, 0.29) is 18.0 Å². The maximum Gasteiger partial charge on any atom is 0.333 e. The van der Waals surface area contributed by atoms with E-state index in [1.54, 1.807) is 13.0 Å². The van der Waals surface area contributed by atoms with Crippen LogP contribution in [0.1, 0.15) is 32.3 Å². The molecule has 1 heterocycles. The summed E-state index contributed by atoms with van der Waals surface area (Å²) in [6.45, 7) is 8.83. The largest absolute Gasteiger partial charge is 0.459 e. The van der Waals surface area contributed by atoms with E-state index in [9.17, 15) is 13.2 Å². The molecule has 0 saturated carbocycles. The molecule has 2 aliphatic rings. The number of anilines is 1. The van der Waals surface area contributed by atoms with Crippen LogP contribution < -0.4 is 4.90 Å². The average molecular weight is 426 g/mol. The second-order valence-corrected chi connectivity index (χ2v) is 8.67. The van der Waals surface area contributed by atoms with Crippen LogP contribution in [0.25, 0.3) is 6.08 Å². The van der Waals surface area contributed by atoms with Crippen molar-refractivity contribution >= 4 is 32.9 Å². The molecule has 0 amide bonds. The van der Waals surface area contributed by atoms with E-state index in [1.165, 1.54) is 0 Å². The van der Waals surface area contributed by atoms with Crippen molar-refractivity contribution in [2.75, 3.05) is 18.0 Å². The predicted molar refractivity (Wildman–Crippen MR) is 122 cm³/mol. The van der Waals surface area contributed by atoms with E-state index in [2.05, 4.69) is 23.6 Å². The van der Waals surface area contributed by atoms with Gasteiger partial charge in [0.15, 0.2) is 0 Å². The van der Waals surface area contributed by atoms with Crippen LogP contribution in [0.5, 0.6) is 0 Å². The highest BCUT2D eigenvalue weighted by atomic mass is 32.2. The summed E-state index contributed by atoms with van der Waals surface area (Å²) in [5.74, 6) is -0.558. The van der Waals surface area contributed by atoms with Crippen molar-refractivity contribution in [3.05, 3.63) is 71.9 Å². The summed E-state index contributed by atoms with van der Waals surface area (Å²) in [6.07, 6.45) is 10.9. The zero-order valence-corrected chi connectivity index (χ0v) is 18.2. The van der Waals surface area contributed by atoms with Gasteiger partial charge in [-0.15, -0.1) is 0 Å². The molecule has 30 heavy (non-hydrogen) atoms. The van der Waals surface area contributed by atoms with Crippen LogP contribution in [0.15, 0.2) is 66.3 Å². The normalized spacial score (nSPS) is 19.7. The molecule has 6 heteroatoms. The quantitative estimate of drug-likeness (QED) is 0.406. The summed E-state index contributed by atoms with van der Waals surface area (Å²) in [5, 5.41) is 0. The van der Waals surface area contributed by atoms with Gasteiger partial charge in [-0.2, -0.15) is 8.42 Å². The van der Waals surface area contributed by atoms with Gasteiger partial charge in [-0.3, -0.25) is 0 Å². The number of benzene rings is 1. The second kappa shape index (κ2) is 9.76. The van der Waals surface area contributed by atoms with Crippen molar-refractivity contribution in [3.63, 3.8) is 0 Å². The lowest BCUT2D eigenvalue weighted by atomic mass is 9.96. The molecule has 158 valence electrons. The number of allylic oxidation sites excluding steroid dienone is 5. The molecule has 1 fully saturated rings. The first-order valence-corrected chi connectivity index (χ1v) is 11.1. The van der Waals surface area contributed by atoms with Crippen molar-refractivity contribution in [2.45, 2.75) is 32.8 Å². The topological polar surface area (TPSA) is 63.7 Å². The van der Waals surface area contributed by atoms with Crippen LogP contribution in [0.3, 0.4) is 0 Å². The number of carbonyl (C=O) groups excluding carboxylic acids is 1. The standard InChI is InChI=1S/C24H27NO4S/c1-17(2)24(26)29-22-12-14-25(15-13-22)21-10-6-19(7-11-21)5-9-20-8-4-18(3)16-23(20)30(27)28/h4-11,16,20,22H,1,12-15H2,2-3H3. The summed E-state index contributed by atoms with van der Waals surface area (Å²) in [4.78, 5) is 14.3. The minimum absolute atomic E-state index is 0.0501.